The van der Waals surface area contributed by atoms with Gasteiger partial charge in [0.2, 0.25) is 0 Å². The molecule has 0 aromatic carbocycles. The second-order valence-electron chi connectivity index (χ2n) is 7.84. The zero-order chi connectivity index (χ0) is 20.3. The Hall–Kier alpha value is -2.77. The van der Waals surface area contributed by atoms with E-state index in [1.807, 2.05) is 30.6 Å². The van der Waals surface area contributed by atoms with E-state index in [0.29, 0.717) is 6.54 Å². The Morgan fingerprint density at radius 1 is 1.13 bits per heavy atom. The van der Waals surface area contributed by atoms with Crippen LogP contribution in [0.2, 0.25) is 0 Å². The highest BCUT2D eigenvalue weighted by atomic mass is 32.1. The molecule has 0 unspecified atom stereocenters. The molecule has 1 N–H and O–H groups in total. The van der Waals surface area contributed by atoms with Crippen LogP contribution < -0.4 is 5.32 Å². The Bertz CT molecular complexity index is 987. The van der Waals surface area contributed by atoms with E-state index in [0.717, 1.165) is 42.4 Å². The van der Waals surface area contributed by atoms with Gasteiger partial charge in [0.25, 0.3) is 0 Å². The highest BCUT2D eigenvalue weighted by molar-refractivity contribution is 7.80. The lowest BCUT2D eigenvalue weighted by atomic mass is 10.0. The first-order valence-electron chi connectivity index (χ1n) is 10.4. The maximum absolute atomic E-state index is 5.90. The van der Waals surface area contributed by atoms with Crippen molar-refractivity contribution in [3.63, 3.8) is 0 Å². The molecule has 0 bridgehead atoms. The quantitative estimate of drug-likeness (QED) is 0.616. The van der Waals surface area contributed by atoms with Crippen LogP contribution in [0.5, 0.6) is 0 Å². The molecule has 154 valence electrons. The Balaban J connectivity index is 1.51. The average Bonchev–Trinajstić information content (AvgIpc) is 3.52. The highest BCUT2D eigenvalue weighted by Gasteiger charge is 2.41. The van der Waals surface area contributed by atoms with Gasteiger partial charge in [0.1, 0.15) is 0 Å². The smallest absolute Gasteiger partial charge is 0.170 e. The van der Waals surface area contributed by atoms with Gasteiger partial charge in [-0.3, -0.25) is 9.97 Å². The minimum absolute atomic E-state index is 0.0199. The van der Waals surface area contributed by atoms with E-state index in [-0.39, 0.29) is 18.2 Å². The molecule has 5 rings (SSSR count). The summed E-state index contributed by atoms with van der Waals surface area (Å²) in [6, 6.07) is 14.4. The first-order chi connectivity index (χ1) is 14.8. The molecule has 7 heteroatoms. The van der Waals surface area contributed by atoms with Crippen LogP contribution in [0.1, 0.15) is 41.9 Å². The minimum Gasteiger partial charge on any atom is -0.376 e. The Morgan fingerprint density at radius 3 is 2.87 bits per heavy atom. The van der Waals surface area contributed by atoms with Gasteiger partial charge >= 0.3 is 0 Å². The van der Waals surface area contributed by atoms with Crippen molar-refractivity contribution in [1.82, 2.24) is 24.8 Å². The number of pyridine rings is 2. The number of hydrogen-bond acceptors (Lipinski definition) is 4. The molecule has 30 heavy (non-hydrogen) atoms. The number of thiocarbonyl (C=S) groups is 1. The number of hydrogen-bond donors (Lipinski definition) is 1. The molecule has 0 aliphatic carbocycles. The Kier molecular flexibility index (Phi) is 5.46. The summed E-state index contributed by atoms with van der Waals surface area (Å²) >= 11 is 5.79. The fourth-order valence-electron chi connectivity index (χ4n) is 4.46. The van der Waals surface area contributed by atoms with Crippen molar-refractivity contribution in [2.24, 2.45) is 0 Å². The SMILES string of the molecule is S=C1N[C@@H](c2ccccn2)[C@@H](c2cccn2C[C@@H]2CCCO2)N1Cc1cccnc1. The third-order valence-electron chi connectivity index (χ3n) is 5.87. The fourth-order valence-corrected chi connectivity index (χ4v) is 4.76. The predicted molar refractivity (Wildman–Crippen MR) is 119 cm³/mol. The van der Waals surface area contributed by atoms with Crippen LogP contribution in [0.4, 0.5) is 0 Å². The third-order valence-corrected chi connectivity index (χ3v) is 6.22. The van der Waals surface area contributed by atoms with Crippen molar-refractivity contribution >= 4 is 17.3 Å². The summed E-state index contributed by atoms with van der Waals surface area (Å²) in [5.41, 5.74) is 3.34. The lowest BCUT2D eigenvalue weighted by Crippen LogP contribution is -2.30. The summed E-state index contributed by atoms with van der Waals surface area (Å²) in [5, 5.41) is 4.27. The number of aromatic nitrogens is 3. The van der Waals surface area contributed by atoms with Gasteiger partial charge in [-0.1, -0.05) is 12.1 Å². The summed E-state index contributed by atoms with van der Waals surface area (Å²) in [5.74, 6) is 0. The van der Waals surface area contributed by atoms with Crippen LogP contribution in [0, 0.1) is 0 Å². The summed E-state index contributed by atoms with van der Waals surface area (Å²) < 4.78 is 8.22. The summed E-state index contributed by atoms with van der Waals surface area (Å²) in [7, 11) is 0. The number of rotatable bonds is 6. The summed E-state index contributed by atoms with van der Waals surface area (Å²) in [4.78, 5) is 11.2. The van der Waals surface area contributed by atoms with Gasteiger partial charge in [-0.15, -0.1) is 0 Å². The van der Waals surface area contributed by atoms with E-state index in [9.17, 15) is 0 Å². The fraction of sp³-hybridized carbons (Fsp3) is 0.348. The zero-order valence-electron chi connectivity index (χ0n) is 16.7. The van der Waals surface area contributed by atoms with Crippen molar-refractivity contribution in [3.8, 4) is 0 Å². The van der Waals surface area contributed by atoms with E-state index in [1.54, 1.807) is 6.20 Å². The molecule has 2 saturated heterocycles. The molecule has 2 aliphatic rings. The predicted octanol–water partition coefficient (Wildman–Crippen LogP) is 3.63. The van der Waals surface area contributed by atoms with Gasteiger partial charge in [0.05, 0.1) is 23.9 Å². The van der Waals surface area contributed by atoms with Crippen molar-refractivity contribution in [2.75, 3.05) is 6.61 Å². The van der Waals surface area contributed by atoms with Gasteiger partial charge < -0.3 is 19.5 Å². The first kappa shape index (κ1) is 19.2. The molecule has 0 spiro atoms. The summed E-state index contributed by atoms with van der Waals surface area (Å²) in [6.07, 6.45) is 10.2. The molecule has 5 heterocycles. The highest BCUT2D eigenvalue weighted by Crippen LogP contribution is 2.39. The van der Waals surface area contributed by atoms with Gasteiger partial charge in [0.15, 0.2) is 5.11 Å². The third kappa shape index (κ3) is 3.82. The van der Waals surface area contributed by atoms with E-state index in [1.165, 1.54) is 5.69 Å². The van der Waals surface area contributed by atoms with E-state index in [4.69, 9.17) is 17.0 Å². The van der Waals surface area contributed by atoms with Crippen molar-refractivity contribution in [1.29, 1.82) is 0 Å². The molecular formula is C23H25N5OS. The van der Waals surface area contributed by atoms with E-state index in [2.05, 4.69) is 55.2 Å². The first-order valence-corrected chi connectivity index (χ1v) is 10.8. The van der Waals surface area contributed by atoms with Crippen LogP contribution in [0.3, 0.4) is 0 Å². The van der Waals surface area contributed by atoms with Crippen LogP contribution >= 0.6 is 12.2 Å². The lowest BCUT2D eigenvalue weighted by molar-refractivity contribution is 0.0953. The second kappa shape index (κ2) is 8.53. The number of nitrogens with zero attached hydrogens (tertiary/aromatic N) is 4. The molecule has 2 aliphatic heterocycles. The van der Waals surface area contributed by atoms with Crippen LogP contribution in [0.25, 0.3) is 0 Å². The molecule has 3 atom stereocenters. The molecule has 0 radical (unpaired) electrons. The molecule has 6 nitrogen and oxygen atoms in total. The molecule has 3 aromatic rings. The molecule has 0 amide bonds. The zero-order valence-corrected chi connectivity index (χ0v) is 17.5. The van der Waals surface area contributed by atoms with Crippen molar-refractivity contribution < 1.29 is 4.74 Å². The average molecular weight is 420 g/mol. The number of nitrogens with one attached hydrogen (secondary N) is 1. The van der Waals surface area contributed by atoms with Crippen molar-refractivity contribution in [2.45, 2.75) is 44.1 Å². The van der Waals surface area contributed by atoms with Crippen LogP contribution in [-0.4, -0.2) is 37.3 Å². The maximum Gasteiger partial charge on any atom is 0.170 e. The topological polar surface area (TPSA) is 55.2 Å². The van der Waals surface area contributed by atoms with Gasteiger partial charge in [0, 0.05) is 50.2 Å². The van der Waals surface area contributed by atoms with Crippen LogP contribution in [-0.2, 0) is 17.8 Å². The van der Waals surface area contributed by atoms with Gasteiger partial charge in [-0.2, -0.15) is 0 Å². The Morgan fingerprint density at radius 2 is 2.10 bits per heavy atom. The normalized spacial score (nSPS) is 23.7. The largest absolute Gasteiger partial charge is 0.376 e. The molecule has 2 fully saturated rings. The van der Waals surface area contributed by atoms with Crippen LogP contribution in [0.15, 0.2) is 67.3 Å². The lowest BCUT2D eigenvalue weighted by Gasteiger charge is -2.29. The van der Waals surface area contributed by atoms with E-state index >= 15 is 0 Å². The second-order valence-corrected chi connectivity index (χ2v) is 8.22. The molecule has 3 aromatic heterocycles. The van der Waals surface area contributed by atoms with E-state index < -0.39 is 0 Å². The van der Waals surface area contributed by atoms with Gasteiger partial charge in [-0.25, -0.2) is 0 Å². The Labute approximate surface area is 181 Å². The maximum atomic E-state index is 5.90. The molecular weight excluding hydrogens is 394 g/mol. The standard InChI is InChI=1S/C23H25N5OS/c30-23-26-21(19-8-1-2-11-25-19)22(28(23)15-17-6-3-10-24-14-17)20-9-4-12-27(20)16-18-7-5-13-29-18/h1-4,6,8-12,14,18,21-22H,5,7,13,15-16H2,(H,26,30)/t18-,21-,22+/m0/s1. The minimum atomic E-state index is -0.0199. The van der Waals surface area contributed by atoms with Crippen molar-refractivity contribution in [3.05, 3.63) is 84.2 Å². The monoisotopic (exact) mass is 419 g/mol. The summed E-state index contributed by atoms with van der Waals surface area (Å²) in [6.45, 7) is 2.42. The molecule has 0 saturated carbocycles. The van der Waals surface area contributed by atoms with Gasteiger partial charge in [-0.05, 0) is 61.0 Å². The number of ether oxygens (including phenoxy) is 1.